The molecule has 3 rings (SSSR count). The molecule has 0 aliphatic carbocycles. The first-order chi connectivity index (χ1) is 12.3. The van der Waals surface area contributed by atoms with Crippen LogP contribution in [0.15, 0.2) is 26.7 Å². The summed E-state index contributed by atoms with van der Waals surface area (Å²) in [5.74, 6) is 3.39. The largest absolute Gasteiger partial charge is 0.426 e. The maximum absolute atomic E-state index is 10.6. The Bertz CT molecular complexity index is 677. The third kappa shape index (κ3) is 6.42. The van der Waals surface area contributed by atoms with Crippen LogP contribution in [0, 0.1) is 6.92 Å². The van der Waals surface area contributed by atoms with E-state index in [9.17, 15) is 4.79 Å². The molecule has 0 bridgehead atoms. The summed E-state index contributed by atoms with van der Waals surface area (Å²) in [5, 5.41) is 7.39. The van der Waals surface area contributed by atoms with Crippen LogP contribution >= 0.6 is 0 Å². The molecule has 0 saturated carbocycles. The van der Waals surface area contributed by atoms with Crippen molar-refractivity contribution in [1.82, 2.24) is 20.0 Å². The quantitative estimate of drug-likeness (QED) is 0.821. The van der Waals surface area contributed by atoms with Crippen molar-refractivity contribution in [2.75, 3.05) is 27.2 Å². The average molecular weight is 362 g/mol. The smallest absolute Gasteiger partial charge is 0.266 e. The molecular formula is C18H30N6O2. The van der Waals surface area contributed by atoms with Crippen LogP contribution in [0.1, 0.15) is 45.4 Å². The molecule has 0 saturated heterocycles. The standard InChI is InChI=1S/C7H12N2.C6H10N2O.C5H8N2O/c1-4-7-8-5-6(2)9(7)3;1-3-5-7-6(9)4-8(5)2;1-3-5-7-6-4(2)8-5/h2,4-5H2,1,3H3;3-4H2,1-2H3;3H2,1-2H3. The molecule has 1 aromatic heterocycles. The van der Waals surface area contributed by atoms with Gasteiger partial charge in [-0.15, -0.1) is 10.2 Å². The van der Waals surface area contributed by atoms with Gasteiger partial charge in [-0.2, -0.15) is 4.99 Å². The van der Waals surface area contributed by atoms with E-state index in [0.29, 0.717) is 18.3 Å². The van der Waals surface area contributed by atoms with Gasteiger partial charge in [0.1, 0.15) is 18.2 Å². The zero-order valence-electron chi connectivity index (χ0n) is 16.7. The van der Waals surface area contributed by atoms with Crippen LogP contribution in [0.4, 0.5) is 0 Å². The van der Waals surface area contributed by atoms with Crippen molar-refractivity contribution >= 4 is 17.6 Å². The van der Waals surface area contributed by atoms with E-state index in [1.807, 2.05) is 32.8 Å². The topological polar surface area (TPSA) is 87.2 Å². The number of hydrogen-bond acceptors (Lipinski definition) is 7. The molecule has 8 nitrogen and oxygen atoms in total. The number of hydrogen-bond donors (Lipinski definition) is 0. The fourth-order valence-corrected chi connectivity index (χ4v) is 2.31. The molecule has 0 unspecified atom stereocenters. The van der Waals surface area contributed by atoms with Gasteiger partial charge in [-0.3, -0.25) is 9.79 Å². The van der Waals surface area contributed by atoms with E-state index in [-0.39, 0.29) is 5.91 Å². The Balaban J connectivity index is 0.000000195. The van der Waals surface area contributed by atoms with Gasteiger partial charge in [0.2, 0.25) is 11.8 Å². The van der Waals surface area contributed by atoms with Crippen LogP contribution in [-0.4, -0.2) is 64.8 Å². The van der Waals surface area contributed by atoms with Gasteiger partial charge in [-0.1, -0.05) is 27.4 Å². The molecule has 0 fully saturated rings. The van der Waals surface area contributed by atoms with E-state index < -0.39 is 0 Å². The van der Waals surface area contributed by atoms with Crippen LogP contribution in [-0.2, 0) is 11.2 Å². The fourth-order valence-electron chi connectivity index (χ4n) is 2.31. The third-order valence-corrected chi connectivity index (χ3v) is 3.88. The molecule has 26 heavy (non-hydrogen) atoms. The van der Waals surface area contributed by atoms with Gasteiger partial charge in [0.15, 0.2) is 0 Å². The predicted molar refractivity (Wildman–Crippen MR) is 103 cm³/mol. The van der Waals surface area contributed by atoms with Crippen LogP contribution < -0.4 is 0 Å². The number of amidine groups is 2. The molecule has 0 radical (unpaired) electrons. The second-order valence-electron chi connectivity index (χ2n) is 5.91. The van der Waals surface area contributed by atoms with E-state index in [4.69, 9.17) is 4.42 Å². The monoisotopic (exact) mass is 362 g/mol. The molecule has 0 N–H and O–H groups in total. The summed E-state index contributed by atoms with van der Waals surface area (Å²) in [7, 11) is 3.89. The van der Waals surface area contributed by atoms with Gasteiger partial charge < -0.3 is 14.2 Å². The van der Waals surface area contributed by atoms with Crippen molar-refractivity contribution < 1.29 is 9.21 Å². The number of aliphatic imine (C=N–C) groups is 2. The van der Waals surface area contributed by atoms with Crippen molar-refractivity contribution in [3.63, 3.8) is 0 Å². The third-order valence-electron chi connectivity index (χ3n) is 3.88. The molecule has 0 atom stereocenters. The maximum Gasteiger partial charge on any atom is 0.266 e. The van der Waals surface area contributed by atoms with Gasteiger partial charge in [-0.25, -0.2) is 0 Å². The Morgan fingerprint density at radius 2 is 1.73 bits per heavy atom. The second kappa shape index (κ2) is 10.5. The van der Waals surface area contributed by atoms with Gasteiger partial charge in [-0.05, 0) is 0 Å². The van der Waals surface area contributed by atoms with Gasteiger partial charge >= 0.3 is 0 Å². The van der Waals surface area contributed by atoms with E-state index in [1.165, 1.54) is 0 Å². The lowest BCUT2D eigenvalue weighted by atomic mass is 10.4. The normalized spacial score (nSPS) is 15.9. The Morgan fingerprint density at radius 3 is 1.96 bits per heavy atom. The Kier molecular flexibility index (Phi) is 8.67. The second-order valence-corrected chi connectivity index (χ2v) is 5.91. The minimum Gasteiger partial charge on any atom is -0.426 e. The van der Waals surface area contributed by atoms with Crippen molar-refractivity contribution in [1.29, 1.82) is 0 Å². The molecule has 1 aromatic rings. The van der Waals surface area contributed by atoms with Crippen molar-refractivity contribution in [3.05, 3.63) is 24.1 Å². The first-order valence-electron chi connectivity index (χ1n) is 8.87. The zero-order chi connectivity index (χ0) is 19.7. The summed E-state index contributed by atoms with van der Waals surface area (Å²) in [4.78, 5) is 22.6. The Hall–Kier alpha value is -2.51. The number of nitrogens with zero attached hydrogens (tertiary/aromatic N) is 6. The lowest BCUT2D eigenvalue weighted by Crippen LogP contribution is -2.22. The van der Waals surface area contributed by atoms with Crippen LogP contribution in [0.3, 0.4) is 0 Å². The molecule has 0 aromatic carbocycles. The highest BCUT2D eigenvalue weighted by atomic mass is 16.4. The predicted octanol–water partition coefficient (Wildman–Crippen LogP) is 2.46. The van der Waals surface area contributed by atoms with Crippen molar-refractivity contribution in [3.8, 4) is 0 Å². The zero-order valence-corrected chi connectivity index (χ0v) is 16.7. The van der Waals surface area contributed by atoms with Crippen LogP contribution in [0.2, 0.25) is 0 Å². The van der Waals surface area contributed by atoms with E-state index in [0.717, 1.165) is 43.2 Å². The summed E-state index contributed by atoms with van der Waals surface area (Å²) < 4.78 is 5.01. The number of aromatic nitrogens is 2. The summed E-state index contributed by atoms with van der Waals surface area (Å²) in [6, 6.07) is 0. The highest BCUT2D eigenvalue weighted by Gasteiger charge is 2.16. The van der Waals surface area contributed by atoms with Crippen LogP contribution in [0.5, 0.6) is 0 Å². The molecular weight excluding hydrogens is 332 g/mol. The molecule has 3 heterocycles. The number of carbonyl (C=O) groups is 1. The van der Waals surface area contributed by atoms with Crippen molar-refractivity contribution in [2.24, 2.45) is 9.98 Å². The molecule has 144 valence electrons. The highest BCUT2D eigenvalue weighted by Crippen LogP contribution is 2.10. The number of amides is 1. The summed E-state index contributed by atoms with van der Waals surface area (Å²) >= 11 is 0. The fraction of sp³-hybridized carbons (Fsp3) is 0.611. The minimum absolute atomic E-state index is 0.0191. The summed E-state index contributed by atoms with van der Waals surface area (Å²) in [5.41, 5.74) is 1.10. The number of likely N-dealkylation sites (N-methyl/N-ethyl adjacent to an activating group) is 2. The average Bonchev–Trinajstić information content (AvgIpc) is 3.28. The molecule has 2 aliphatic heterocycles. The summed E-state index contributed by atoms with van der Waals surface area (Å²) in [6.07, 6.45) is 2.68. The molecule has 0 spiro atoms. The minimum atomic E-state index is -0.0191. The number of carbonyl (C=O) groups excluding carboxylic acids is 1. The lowest BCUT2D eigenvalue weighted by Gasteiger charge is -2.12. The Morgan fingerprint density at radius 1 is 1.08 bits per heavy atom. The van der Waals surface area contributed by atoms with Crippen molar-refractivity contribution in [2.45, 2.75) is 47.0 Å². The maximum atomic E-state index is 10.6. The number of rotatable bonds is 3. The van der Waals surface area contributed by atoms with E-state index in [2.05, 4.69) is 38.6 Å². The van der Waals surface area contributed by atoms with E-state index >= 15 is 0 Å². The highest BCUT2D eigenvalue weighted by molar-refractivity contribution is 6.01. The summed E-state index contributed by atoms with van der Waals surface area (Å²) in [6.45, 7) is 13.0. The molecule has 2 aliphatic rings. The van der Waals surface area contributed by atoms with E-state index in [1.54, 1.807) is 6.92 Å². The number of aryl methyl sites for hydroxylation is 2. The SMILES string of the molecule is C=C1CN=C(CC)N1C.CCC1=NC(=O)CN1C.CCc1nnc(C)o1. The van der Waals surface area contributed by atoms with Gasteiger partial charge in [0.25, 0.3) is 5.91 Å². The Labute approximate surface area is 155 Å². The molecule has 1 amide bonds. The molecule has 8 heteroatoms. The van der Waals surface area contributed by atoms with Crippen LogP contribution in [0.25, 0.3) is 0 Å². The lowest BCUT2D eigenvalue weighted by molar-refractivity contribution is -0.116. The first kappa shape index (κ1) is 21.5. The first-order valence-corrected chi connectivity index (χ1v) is 8.87. The van der Waals surface area contributed by atoms with Gasteiger partial charge in [0, 0.05) is 46.0 Å². The van der Waals surface area contributed by atoms with Gasteiger partial charge in [0.05, 0.1) is 6.54 Å².